The number of ether oxygens (including phenoxy) is 1. The van der Waals surface area contributed by atoms with Gasteiger partial charge in [0.1, 0.15) is 0 Å². The van der Waals surface area contributed by atoms with Gasteiger partial charge in [-0.25, -0.2) is 0 Å². The molecule has 0 radical (unpaired) electrons. The van der Waals surface area contributed by atoms with E-state index < -0.39 is 5.97 Å². The first-order valence-corrected chi connectivity index (χ1v) is 5.92. The number of carboxylic acids is 1. The average Bonchev–Trinajstić information content (AvgIpc) is 3.14. The Morgan fingerprint density at radius 2 is 2.22 bits per heavy atom. The van der Waals surface area contributed by atoms with E-state index in [2.05, 4.69) is 0 Å². The molecule has 0 saturated heterocycles. The molecule has 1 aromatic carbocycles. The SMILES string of the molecule is COc1cc(CN(CC(=O)O)C2CC2)ccc1O. The molecule has 1 aromatic rings. The maximum Gasteiger partial charge on any atom is 0.317 e. The quantitative estimate of drug-likeness (QED) is 0.800. The van der Waals surface area contributed by atoms with E-state index in [0.717, 1.165) is 18.4 Å². The van der Waals surface area contributed by atoms with E-state index in [9.17, 15) is 9.90 Å². The third-order valence-corrected chi connectivity index (χ3v) is 3.03. The van der Waals surface area contributed by atoms with Gasteiger partial charge < -0.3 is 14.9 Å². The molecule has 5 heteroatoms. The first-order chi connectivity index (χ1) is 8.60. The summed E-state index contributed by atoms with van der Waals surface area (Å²) in [5.74, 6) is -0.302. The highest BCUT2D eigenvalue weighted by molar-refractivity contribution is 5.69. The summed E-state index contributed by atoms with van der Waals surface area (Å²) in [7, 11) is 1.49. The molecule has 5 nitrogen and oxygen atoms in total. The second kappa shape index (κ2) is 5.27. The van der Waals surface area contributed by atoms with Crippen molar-refractivity contribution in [2.24, 2.45) is 0 Å². The molecule has 1 fully saturated rings. The predicted octanol–water partition coefficient (Wildman–Crippen LogP) is 1.45. The van der Waals surface area contributed by atoms with Crippen molar-refractivity contribution in [3.8, 4) is 11.5 Å². The van der Waals surface area contributed by atoms with Crippen LogP contribution in [0.25, 0.3) is 0 Å². The van der Waals surface area contributed by atoms with Gasteiger partial charge in [0.25, 0.3) is 0 Å². The number of methoxy groups -OCH3 is 1. The summed E-state index contributed by atoms with van der Waals surface area (Å²) in [5.41, 5.74) is 0.942. The van der Waals surface area contributed by atoms with E-state index in [4.69, 9.17) is 9.84 Å². The first kappa shape index (κ1) is 12.7. The largest absolute Gasteiger partial charge is 0.504 e. The number of carboxylic acid groups (broad SMARTS) is 1. The highest BCUT2D eigenvalue weighted by Crippen LogP contribution is 2.30. The van der Waals surface area contributed by atoms with Crippen LogP contribution >= 0.6 is 0 Å². The number of benzene rings is 1. The molecule has 0 amide bonds. The molecule has 18 heavy (non-hydrogen) atoms. The van der Waals surface area contributed by atoms with Gasteiger partial charge in [-0.3, -0.25) is 9.69 Å². The minimum atomic E-state index is -0.812. The van der Waals surface area contributed by atoms with Crippen LogP contribution in [-0.4, -0.2) is 40.8 Å². The molecule has 98 valence electrons. The Balaban J connectivity index is 2.08. The van der Waals surface area contributed by atoms with Gasteiger partial charge in [-0.1, -0.05) is 6.07 Å². The van der Waals surface area contributed by atoms with Gasteiger partial charge in [-0.2, -0.15) is 0 Å². The summed E-state index contributed by atoms with van der Waals surface area (Å²) in [5, 5.41) is 18.4. The fourth-order valence-corrected chi connectivity index (χ4v) is 1.98. The van der Waals surface area contributed by atoms with E-state index in [1.54, 1.807) is 18.2 Å². The summed E-state index contributed by atoms with van der Waals surface area (Å²) >= 11 is 0. The van der Waals surface area contributed by atoms with Gasteiger partial charge in [0.15, 0.2) is 11.5 Å². The Hall–Kier alpha value is -1.75. The number of hydrogen-bond acceptors (Lipinski definition) is 4. The number of aliphatic carboxylic acids is 1. The number of carbonyl (C=O) groups is 1. The van der Waals surface area contributed by atoms with Crippen molar-refractivity contribution in [1.29, 1.82) is 0 Å². The van der Waals surface area contributed by atoms with Gasteiger partial charge in [-0.15, -0.1) is 0 Å². The lowest BCUT2D eigenvalue weighted by molar-refractivity contribution is -0.138. The average molecular weight is 251 g/mol. The van der Waals surface area contributed by atoms with E-state index in [0.29, 0.717) is 18.3 Å². The number of rotatable bonds is 6. The van der Waals surface area contributed by atoms with E-state index in [-0.39, 0.29) is 12.3 Å². The minimum absolute atomic E-state index is 0.0495. The number of phenolic OH excluding ortho intramolecular Hbond substituents is 1. The molecule has 2 rings (SSSR count). The molecule has 0 heterocycles. The van der Waals surface area contributed by atoms with Crippen LogP contribution in [0.1, 0.15) is 18.4 Å². The molecule has 0 atom stereocenters. The summed E-state index contributed by atoms with van der Waals surface area (Å²) < 4.78 is 5.04. The third kappa shape index (κ3) is 3.13. The van der Waals surface area contributed by atoms with Gasteiger partial charge in [0.2, 0.25) is 0 Å². The smallest absolute Gasteiger partial charge is 0.317 e. The minimum Gasteiger partial charge on any atom is -0.504 e. The lowest BCUT2D eigenvalue weighted by atomic mass is 10.2. The molecule has 0 unspecified atom stereocenters. The van der Waals surface area contributed by atoms with Crippen molar-refractivity contribution < 1.29 is 19.7 Å². The van der Waals surface area contributed by atoms with Crippen LogP contribution in [0.5, 0.6) is 11.5 Å². The molecule has 0 aromatic heterocycles. The van der Waals surface area contributed by atoms with Crippen LogP contribution in [-0.2, 0) is 11.3 Å². The molecule has 1 saturated carbocycles. The van der Waals surface area contributed by atoms with Crippen molar-refractivity contribution in [2.75, 3.05) is 13.7 Å². The fourth-order valence-electron chi connectivity index (χ4n) is 1.98. The number of hydrogen-bond donors (Lipinski definition) is 2. The van der Waals surface area contributed by atoms with Gasteiger partial charge in [0.05, 0.1) is 13.7 Å². The Morgan fingerprint density at radius 1 is 1.50 bits per heavy atom. The topological polar surface area (TPSA) is 70.0 Å². The Bertz CT molecular complexity index is 443. The molecular formula is C13H17NO4. The molecule has 1 aliphatic rings. The Morgan fingerprint density at radius 3 is 2.78 bits per heavy atom. The summed E-state index contributed by atoms with van der Waals surface area (Å²) in [4.78, 5) is 12.7. The van der Waals surface area contributed by atoms with Crippen LogP contribution in [0.15, 0.2) is 18.2 Å². The molecule has 2 N–H and O–H groups in total. The second-order valence-electron chi connectivity index (χ2n) is 4.54. The summed E-state index contributed by atoms with van der Waals surface area (Å²) in [6.07, 6.45) is 2.12. The van der Waals surface area contributed by atoms with Crippen LogP contribution < -0.4 is 4.74 Å². The zero-order valence-electron chi connectivity index (χ0n) is 10.3. The molecular weight excluding hydrogens is 234 g/mol. The van der Waals surface area contributed by atoms with Crippen LogP contribution in [0.3, 0.4) is 0 Å². The Kier molecular flexibility index (Phi) is 3.72. The predicted molar refractivity (Wildman–Crippen MR) is 65.7 cm³/mol. The number of nitrogens with zero attached hydrogens (tertiary/aromatic N) is 1. The highest BCUT2D eigenvalue weighted by atomic mass is 16.5. The van der Waals surface area contributed by atoms with Crippen molar-refractivity contribution >= 4 is 5.97 Å². The van der Waals surface area contributed by atoms with Crippen molar-refractivity contribution in [3.63, 3.8) is 0 Å². The zero-order chi connectivity index (χ0) is 13.1. The number of aromatic hydroxyl groups is 1. The first-order valence-electron chi connectivity index (χ1n) is 5.92. The standard InChI is InChI=1S/C13H17NO4/c1-18-12-6-9(2-5-11(12)15)7-14(8-13(16)17)10-3-4-10/h2,5-6,10,15H,3-4,7-8H2,1H3,(H,16,17). The van der Waals surface area contributed by atoms with Crippen LogP contribution in [0.2, 0.25) is 0 Å². The maximum atomic E-state index is 10.8. The van der Waals surface area contributed by atoms with Gasteiger partial charge in [0, 0.05) is 12.6 Å². The lowest BCUT2D eigenvalue weighted by Gasteiger charge is -2.20. The Labute approximate surface area is 106 Å². The summed E-state index contributed by atoms with van der Waals surface area (Å²) in [6.45, 7) is 0.613. The molecule has 0 aliphatic heterocycles. The molecule has 1 aliphatic carbocycles. The zero-order valence-corrected chi connectivity index (χ0v) is 10.3. The van der Waals surface area contributed by atoms with Crippen molar-refractivity contribution in [1.82, 2.24) is 4.90 Å². The molecule has 0 bridgehead atoms. The number of phenols is 1. The second-order valence-corrected chi connectivity index (χ2v) is 4.54. The third-order valence-electron chi connectivity index (χ3n) is 3.03. The van der Waals surface area contributed by atoms with Crippen molar-refractivity contribution in [3.05, 3.63) is 23.8 Å². The summed E-state index contributed by atoms with van der Waals surface area (Å²) in [6, 6.07) is 5.47. The maximum absolute atomic E-state index is 10.8. The van der Waals surface area contributed by atoms with Crippen molar-refractivity contribution in [2.45, 2.75) is 25.4 Å². The van der Waals surface area contributed by atoms with Gasteiger partial charge >= 0.3 is 5.97 Å². The van der Waals surface area contributed by atoms with E-state index >= 15 is 0 Å². The highest BCUT2D eigenvalue weighted by Gasteiger charge is 2.30. The van der Waals surface area contributed by atoms with Gasteiger partial charge in [-0.05, 0) is 30.5 Å². The molecule has 0 spiro atoms. The normalized spacial score (nSPS) is 14.8. The monoisotopic (exact) mass is 251 g/mol. The van der Waals surface area contributed by atoms with Crippen LogP contribution in [0.4, 0.5) is 0 Å². The lowest BCUT2D eigenvalue weighted by Crippen LogP contribution is -2.31. The fraction of sp³-hybridized carbons (Fsp3) is 0.462. The van der Waals surface area contributed by atoms with Crippen LogP contribution in [0, 0.1) is 0 Å². The van der Waals surface area contributed by atoms with E-state index in [1.807, 2.05) is 4.90 Å². The van der Waals surface area contributed by atoms with E-state index in [1.165, 1.54) is 7.11 Å².